The molecule has 1 N–H and O–H groups in total. The number of nitrogens with zero attached hydrogens (tertiary/aromatic N) is 3. The molecule has 9 nitrogen and oxygen atoms in total. The average molecular weight is 471 g/mol. The van der Waals surface area contributed by atoms with E-state index in [-0.39, 0.29) is 29.9 Å². The second-order valence-corrected chi connectivity index (χ2v) is 9.25. The van der Waals surface area contributed by atoms with Gasteiger partial charge in [-0.05, 0) is 50.8 Å². The van der Waals surface area contributed by atoms with Crippen molar-refractivity contribution < 1.29 is 23.9 Å². The number of imidazole rings is 1. The zero-order valence-electron chi connectivity index (χ0n) is 20.8. The number of carbonyl (C=O) groups excluding carboxylic acids is 3. The minimum Gasteiger partial charge on any atom is -0.464 e. The molecular formula is C25H34N4O5. The Kier molecular flexibility index (Phi) is 7.76. The van der Waals surface area contributed by atoms with Crippen LogP contribution < -0.4 is 10.2 Å². The number of rotatable bonds is 9. The second-order valence-electron chi connectivity index (χ2n) is 9.25. The molecule has 2 aromatic rings. The number of carbonyl (C=O) groups is 3. The molecule has 0 saturated heterocycles. The minimum absolute atomic E-state index is 0.0652. The molecular weight excluding hydrogens is 436 g/mol. The van der Waals surface area contributed by atoms with Crippen LogP contribution in [0.3, 0.4) is 0 Å². The van der Waals surface area contributed by atoms with Crippen molar-refractivity contribution in [3.05, 3.63) is 47.5 Å². The molecule has 0 bridgehead atoms. The number of ether oxygens (including phenoxy) is 2. The maximum Gasteiger partial charge on any atom is 0.359 e. The van der Waals surface area contributed by atoms with Crippen molar-refractivity contribution >= 4 is 23.5 Å². The number of anilines is 1. The van der Waals surface area contributed by atoms with Crippen molar-refractivity contribution in [1.29, 1.82) is 0 Å². The van der Waals surface area contributed by atoms with Gasteiger partial charge in [0.2, 0.25) is 5.91 Å². The van der Waals surface area contributed by atoms with E-state index in [2.05, 4.69) is 24.1 Å². The number of methoxy groups -OCH3 is 1. The van der Waals surface area contributed by atoms with Crippen LogP contribution in [0.25, 0.3) is 0 Å². The normalized spacial score (nSPS) is 17.8. The SMILES string of the molecule is COC(=O)c1ncn2c1C(=O)N(c1ccc(C(C)C)cc1)[C@@](C)(C(=O)NCCCOC(C)C)C2. The summed E-state index contributed by atoms with van der Waals surface area (Å²) >= 11 is 0. The number of esters is 1. The van der Waals surface area contributed by atoms with E-state index in [1.54, 1.807) is 11.5 Å². The highest BCUT2D eigenvalue weighted by Gasteiger charge is 2.49. The van der Waals surface area contributed by atoms with Crippen LogP contribution in [0.4, 0.5) is 5.69 Å². The number of aromatic nitrogens is 2. The number of benzene rings is 1. The number of fused-ring (bicyclic) bond motifs is 1. The number of amides is 2. The van der Waals surface area contributed by atoms with Gasteiger partial charge < -0.3 is 19.4 Å². The Balaban J connectivity index is 1.96. The van der Waals surface area contributed by atoms with E-state index in [1.807, 2.05) is 38.1 Å². The molecule has 0 spiro atoms. The first kappa shape index (κ1) is 25.4. The number of nitrogens with one attached hydrogen (secondary N) is 1. The standard InChI is InChI=1S/C25H34N4O5/c1-16(2)18-8-10-19(11-9-18)29-22(30)21-20(23(31)33-6)27-15-28(21)14-25(29,5)24(32)26-12-7-13-34-17(3)4/h8-11,15-17H,7,12-14H2,1-6H3,(H,26,32)/t25-/m1/s1. The molecule has 3 rings (SSSR count). The highest BCUT2D eigenvalue weighted by atomic mass is 16.5. The highest BCUT2D eigenvalue weighted by molar-refractivity contribution is 6.15. The van der Waals surface area contributed by atoms with Gasteiger partial charge in [0.05, 0.1) is 26.1 Å². The van der Waals surface area contributed by atoms with Gasteiger partial charge >= 0.3 is 5.97 Å². The van der Waals surface area contributed by atoms with Gasteiger partial charge in [-0.2, -0.15) is 0 Å². The van der Waals surface area contributed by atoms with Gasteiger partial charge in [-0.15, -0.1) is 0 Å². The zero-order valence-corrected chi connectivity index (χ0v) is 20.8. The lowest BCUT2D eigenvalue weighted by molar-refractivity contribution is -0.126. The molecule has 2 amide bonds. The van der Waals surface area contributed by atoms with E-state index >= 15 is 0 Å². The van der Waals surface area contributed by atoms with Crippen molar-refractivity contribution in [3.63, 3.8) is 0 Å². The summed E-state index contributed by atoms with van der Waals surface area (Å²) in [6.07, 6.45) is 2.18. The molecule has 9 heteroatoms. The maximum atomic E-state index is 13.8. The molecule has 1 aromatic heterocycles. The Morgan fingerprint density at radius 3 is 2.44 bits per heavy atom. The van der Waals surface area contributed by atoms with Crippen LogP contribution in [0.15, 0.2) is 30.6 Å². The Bertz CT molecular complexity index is 1040. The zero-order chi connectivity index (χ0) is 25.0. The summed E-state index contributed by atoms with van der Waals surface area (Å²) in [7, 11) is 1.24. The Hall–Kier alpha value is -3.20. The van der Waals surface area contributed by atoms with Crippen molar-refractivity contribution in [3.8, 4) is 0 Å². The number of hydrogen-bond acceptors (Lipinski definition) is 6. The lowest BCUT2D eigenvalue weighted by atomic mass is 9.92. The van der Waals surface area contributed by atoms with E-state index in [0.717, 1.165) is 5.56 Å². The van der Waals surface area contributed by atoms with E-state index in [4.69, 9.17) is 9.47 Å². The predicted octanol–water partition coefficient (Wildman–Crippen LogP) is 3.14. The predicted molar refractivity (Wildman–Crippen MR) is 128 cm³/mol. The molecule has 1 atom stereocenters. The van der Waals surface area contributed by atoms with Crippen molar-refractivity contribution in [2.24, 2.45) is 0 Å². The van der Waals surface area contributed by atoms with Gasteiger partial charge in [0.25, 0.3) is 5.91 Å². The molecule has 0 aliphatic carbocycles. The van der Waals surface area contributed by atoms with E-state index in [0.29, 0.717) is 31.2 Å². The first-order valence-corrected chi connectivity index (χ1v) is 11.6. The summed E-state index contributed by atoms with van der Waals surface area (Å²) in [6, 6.07) is 7.56. The fraction of sp³-hybridized carbons (Fsp3) is 0.520. The van der Waals surface area contributed by atoms with Crippen molar-refractivity contribution in [2.45, 2.75) is 65.1 Å². The topological polar surface area (TPSA) is 103 Å². The fourth-order valence-corrected chi connectivity index (χ4v) is 4.07. The summed E-state index contributed by atoms with van der Waals surface area (Å²) in [4.78, 5) is 45.0. The Morgan fingerprint density at radius 2 is 1.85 bits per heavy atom. The van der Waals surface area contributed by atoms with Crippen molar-refractivity contribution in [2.75, 3.05) is 25.2 Å². The van der Waals surface area contributed by atoms with Gasteiger partial charge in [0.1, 0.15) is 11.2 Å². The highest BCUT2D eigenvalue weighted by Crippen LogP contribution is 2.34. The monoisotopic (exact) mass is 470 g/mol. The molecule has 1 aromatic carbocycles. The van der Waals surface area contributed by atoms with E-state index < -0.39 is 17.4 Å². The van der Waals surface area contributed by atoms with Crippen LogP contribution in [0.2, 0.25) is 0 Å². The summed E-state index contributed by atoms with van der Waals surface area (Å²) < 4.78 is 11.9. The summed E-state index contributed by atoms with van der Waals surface area (Å²) in [6.45, 7) is 10.9. The third kappa shape index (κ3) is 4.99. The quantitative estimate of drug-likeness (QED) is 0.446. The molecule has 0 radical (unpaired) electrons. The van der Waals surface area contributed by atoms with Gasteiger partial charge in [-0.3, -0.25) is 14.5 Å². The summed E-state index contributed by atoms with van der Waals surface area (Å²) in [5.41, 5.74) is 0.486. The molecule has 0 unspecified atom stereocenters. The lowest BCUT2D eigenvalue weighted by Gasteiger charge is -2.43. The van der Waals surface area contributed by atoms with Gasteiger partial charge in [0.15, 0.2) is 5.69 Å². The molecule has 34 heavy (non-hydrogen) atoms. The first-order chi connectivity index (χ1) is 16.1. The fourth-order valence-electron chi connectivity index (χ4n) is 4.07. The molecule has 1 aliphatic rings. The van der Waals surface area contributed by atoms with Gasteiger partial charge in [0, 0.05) is 18.8 Å². The second kappa shape index (κ2) is 10.4. The van der Waals surface area contributed by atoms with Crippen LogP contribution in [0.1, 0.15) is 73.5 Å². The van der Waals surface area contributed by atoms with Crippen LogP contribution in [-0.4, -0.2) is 59.2 Å². The molecule has 0 saturated carbocycles. The van der Waals surface area contributed by atoms with Crippen LogP contribution in [0, 0.1) is 0 Å². The number of hydrogen-bond donors (Lipinski definition) is 1. The van der Waals surface area contributed by atoms with Crippen LogP contribution in [0.5, 0.6) is 0 Å². The maximum absolute atomic E-state index is 13.8. The van der Waals surface area contributed by atoms with Crippen LogP contribution >= 0.6 is 0 Å². The summed E-state index contributed by atoms with van der Waals surface area (Å²) in [5.74, 6) is -1.16. The van der Waals surface area contributed by atoms with E-state index in [9.17, 15) is 14.4 Å². The first-order valence-electron chi connectivity index (χ1n) is 11.6. The van der Waals surface area contributed by atoms with Gasteiger partial charge in [-0.25, -0.2) is 9.78 Å². The molecule has 184 valence electrons. The molecule has 0 fully saturated rings. The average Bonchev–Trinajstić information content (AvgIpc) is 3.22. The third-order valence-corrected chi connectivity index (χ3v) is 5.96. The third-order valence-electron chi connectivity index (χ3n) is 5.96. The Morgan fingerprint density at radius 1 is 1.18 bits per heavy atom. The summed E-state index contributed by atoms with van der Waals surface area (Å²) in [5, 5.41) is 2.95. The lowest BCUT2D eigenvalue weighted by Crippen LogP contribution is -2.64. The van der Waals surface area contributed by atoms with Gasteiger partial charge in [-0.1, -0.05) is 26.0 Å². The Labute approximate surface area is 200 Å². The van der Waals surface area contributed by atoms with Crippen LogP contribution in [-0.2, 0) is 20.8 Å². The smallest absolute Gasteiger partial charge is 0.359 e. The van der Waals surface area contributed by atoms with Crippen molar-refractivity contribution in [1.82, 2.24) is 14.9 Å². The minimum atomic E-state index is -1.24. The van der Waals surface area contributed by atoms with E-state index in [1.165, 1.54) is 18.3 Å². The molecule has 2 heterocycles. The molecule has 1 aliphatic heterocycles. The largest absolute Gasteiger partial charge is 0.464 e.